The van der Waals surface area contributed by atoms with Crippen molar-refractivity contribution in [2.24, 2.45) is 5.73 Å². The Balaban J connectivity index is 2.36. The van der Waals surface area contributed by atoms with Gasteiger partial charge in [0.15, 0.2) is 0 Å². The molecule has 0 amide bonds. The number of halogens is 1. The maximum Gasteiger partial charge on any atom is 0.142 e. The molecule has 0 spiro atoms. The van der Waals surface area contributed by atoms with Crippen LogP contribution in [0.4, 0.5) is 5.69 Å². The number of aryl methyl sites for hydroxylation is 1. The minimum Gasteiger partial charge on any atom is -0.495 e. The summed E-state index contributed by atoms with van der Waals surface area (Å²) >= 11 is 5.35. The highest BCUT2D eigenvalue weighted by molar-refractivity contribution is 9.10. The lowest BCUT2D eigenvalue weighted by Gasteiger charge is -2.29. The third kappa shape index (κ3) is 3.00. The van der Waals surface area contributed by atoms with Crippen LogP contribution in [0.3, 0.4) is 0 Å². The molecule has 2 aromatic rings. The van der Waals surface area contributed by atoms with Crippen LogP contribution in [0, 0.1) is 6.92 Å². The smallest absolute Gasteiger partial charge is 0.142 e. The van der Waals surface area contributed by atoms with Crippen molar-refractivity contribution >= 4 is 33.0 Å². The Bertz CT molecular complexity index is 566. The van der Waals surface area contributed by atoms with E-state index in [9.17, 15) is 0 Å². The summed E-state index contributed by atoms with van der Waals surface area (Å²) in [4.78, 5) is 4.70. The fourth-order valence-corrected chi connectivity index (χ4v) is 3.92. The van der Waals surface area contributed by atoms with Crippen LogP contribution in [-0.2, 0) is 0 Å². The van der Waals surface area contributed by atoms with Crippen molar-refractivity contribution in [3.8, 4) is 5.75 Å². The highest BCUT2D eigenvalue weighted by Crippen LogP contribution is 2.37. The zero-order chi connectivity index (χ0) is 14.7. The number of methoxy groups -OCH3 is 1. The summed E-state index contributed by atoms with van der Waals surface area (Å²) in [5, 5.41) is 0. The minimum atomic E-state index is 0.140. The molecule has 0 fully saturated rings. The van der Waals surface area contributed by atoms with Gasteiger partial charge in [0.1, 0.15) is 5.75 Å². The Morgan fingerprint density at radius 1 is 1.40 bits per heavy atom. The summed E-state index contributed by atoms with van der Waals surface area (Å²) in [6.07, 6.45) is 0. The van der Waals surface area contributed by atoms with E-state index >= 15 is 0 Å². The van der Waals surface area contributed by atoms with Gasteiger partial charge in [-0.3, -0.25) is 0 Å². The fraction of sp³-hybridized carbons (Fsp3) is 0.333. The Hall–Kier alpha value is -1.04. The Labute approximate surface area is 132 Å². The maximum atomic E-state index is 6.00. The van der Waals surface area contributed by atoms with Gasteiger partial charge in [-0.05, 0) is 41.1 Å². The molecule has 108 valence electrons. The molecule has 0 aliphatic rings. The first-order valence-corrected chi connectivity index (χ1v) is 8.01. The molecule has 20 heavy (non-hydrogen) atoms. The minimum absolute atomic E-state index is 0.140. The number of nitrogens with zero attached hydrogens (tertiary/aromatic N) is 1. The molecule has 1 aromatic carbocycles. The van der Waals surface area contributed by atoms with E-state index in [4.69, 9.17) is 10.5 Å². The molecule has 0 saturated heterocycles. The standard InChI is InChI=1S/C15H19BrN2OS/c1-10-11(16)8-15(20-10)13(9-17)18(2)12-6-4-5-7-14(12)19-3/h4-8,13H,9,17H2,1-3H3. The lowest BCUT2D eigenvalue weighted by atomic mass is 10.1. The molecule has 1 unspecified atom stereocenters. The number of likely N-dealkylation sites (N-methyl/N-ethyl adjacent to an activating group) is 1. The zero-order valence-corrected chi connectivity index (χ0v) is 14.3. The molecule has 3 nitrogen and oxygen atoms in total. The zero-order valence-electron chi connectivity index (χ0n) is 11.9. The van der Waals surface area contributed by atoms with Crippen LogP contribution in [0.5, 0.6) is 5.75 Å². The van der Waals surface area contributed by atoms with E-state index in [1.54, 1.807) is 18.4 Å². The molecule has 0 aliphatic carbocycles. The van der Waals surface area contributed by atoms with Gasteiger partial charge in [0.05, 0.1) is 18.8 Å². The average Bonchev–Trinajstić information content (AvgIpc) is 2.79. The summed E-state index contributed by atoms with van der Waals surface area (Å²) < 4.78 is 6.58. The van der Waals surface area contributed by atoms with Gasteiger partial charge in [-0.25, -0.2) is 0 Å². The van der Waals surface area contributed by atoms with Gasteiger partial charge in [-0.2, -0.15) is 0 Å². The van der Waals surface area contributed by atoms with Crippen molar-refractivity contribution in [1.29, 1.82) is 0 Å². The van der Waals surface area contributed by atoms with Gasteiger partial charge in [0.25, 0.3) is 0 Å². The SMILES string of the molecule is COc1ccccc1N(C)C(CN)c1cc(Br)c(C)s1. The summed E-state index contributed by atoms with van der Waals surface area (Å²) in [7, 11) is 3.74. The number of nitrogens with two attached hydrogens (primary N) is 1. The van der Waals surface area contributed by atoms with Crippen LogP contribution in [0.2, 0.25) is 0 Å². The number of anilines is 1. The summed E-state index contributed by atoms with van der Waals surface area (Å²) in [6.45, 7) is 2.66. The van der Waals surface area contributed by atoms with Crippen molar-refractivity contribution < 1.29 is 4.74 Å². The quantitative estimate of drug-likeness (QED) is 0.882. The van der Waals surface area contributed by atoms with E-state index in [-0.39, 0.29) is 6.04 Å². The molecule has 1 aromatic heterocycles. The molecular formula is C15H19BrN2OS. The van der Waals surface area contributed by atoms with Crippen molar-refractivity contribution in [2.45, 2.75) is 13.0 Å². The second kappa shape index (κ2) is 6.61. The van der Waals surface area contributed by atoms with Gasteiger partial charge >= 0.3 is 0 Å². The van der Waals surface area contributed by atoms with Crippen molar-refractivity contribution in [3.05, 3.63) is 44.6 Å². The number of rotatable bonds is 5. The van der Waals surface area contributed by atoms with E-state index < -0.39 is 0 Å². The van der Waals surface area contributed by atoms with Gasteiger partial charge in [0, 0.05) is 27.8 Å². The number of hydrogen-bond donors (Lipinski definition) is 1. The molecule has 0 saturated carbocycles. The molecular weight excluding hydrogens is 336 g/mol. The molecule has 2 rings (SSSR count). The first-order valence-electron chi connectivity index (χ1n) is 6.40. The van der Waals surface area contributed by atoms with Crippen LogP contribution in [0.15, 0.2) is 34.8 Å². The summed E-state index contributed by atoms with van der Waals surface area (Å²) in [5.41, 5.74) is 7.05. The normalized spacial score (nSPS) is 12.2. The van der Waals surface area contributed by atoms with Gasteiger partial charge < -0.3 is 15.4 Å². The third-order valence-corrected chi connectivity index (χ3v) is 5.60. The summed E-state index contributed by atoms with van der Waals surface area (Å²) in [5.74, 6) is 0.862. The monoisotopic (exact) mass is 354 g/mol. The molecule has 1 heterocycles. The van der Waals surface area contributed by atoms with Crippen molar-refractivity contribution in [2.75, 3.05) is 25.6 Å². The predicted octanol–water partition coefficient (Wildman–Crippen LogP) is 3.96. The van der Waals surface area contributed by atoms with Crippen molar-refractivity contribution in [3.63, 3.8) is 0 Å². The second-order valence-corrected chi connectivity index (χ2v) is 6.73. The Kier molecular flexibility index (Phi) is 5.07. The van der Waals surface area contributed by atoms with Gasteiger partial charge in [-0.15, -0.1) is 11.3 Å². The highest BCUT2D eigenvalue weighted by atomic mass is 79.9. The molecule has 2 N–H and O–H groups in total. The number of benzene rings is 1. The maximum absolute atomic E-state index is 6.00. The molecule has 1 atom stereocenters. The highest BCUT2D eigenvalue weighted by Gasteiger charge is 2.21. The third-order valence-electron chi connectivity index (χ3n) is 3.36. The number of hydrogen-bond acceptors (Lipinski definition) is 4. The van der Waals surface area contributed by atoms with Gasteiger partial charge in [-0.1, -0.05) is 12.1 Å². The Morgan fingerprint density at radius 2 is 2.10 bits per heavy atom. The average molecular weight is 355 g/mol. The van der Waals surface area contributed by atoms with Crippen LogP contribution < -0.4 is 15.4 Å². The lowest BCUT2D eigenvalue weighted by Crippen LogP contribution is -2.30. The van der Waals surface area contributed by atoms with Crippen LogP contribution >= 0.6 is 27.3 Å². The number of para-hydroxylation sites is 2. The van der Waals surface area contributed by atoms with Gasteiger partial charge in [0.2, 0.25) is 0 Å². The first kappa shape index (κ1) is 15.4. The molecule has 0 bridgehead atoms. The van der Waals surface area contributed by atoms with Crippen LogP contribution in [-0.4, -0.2) is 20.7 Å². The van der Waals surface area contributed by atoms with Crippen molar-refractivity contribution in [1.82, 2.24) is 0 Å². The van der Waals surface area contributed by atoms with E-state index in [1.165, 1.54) is 9.75 Å². The molecule has 5 heteroatoms. The second-order valence-electron chi connectivity index (χ2n) is 4.59. The van der Waals surface area contributed by atoms with E-state index in [0.717, 1.165) is 15.9 Å². The van der Waals surface area contributed by atoms with E-state index in [2.05, 4.69) is 46.9 Å². The molecule has 0 aliphatic heterocycles. The first-order chi connectivity index (χ1) is 9.58. The number of ether oxygens (including phenoxy) is 1. The van der Waals surface area contributed by atoms with E-state index in [1.807, 2.05) is 18.2 Å². The lowest BCUT2D eigenvalue weighted by molar-refractivity contribution is 0.413. The largest absolute Gasteiger partial charge is 0.495 e. The predicted molar refractivity (Wildman–Crippen MR) is 89.9 cm³/mol. The summed E-state index contributed by atoms with van der Waals surface area (Å²) in [6, 6.07) is 10.3. The Morgan fingerprint density at radius 3 is 2.65 bits per heavy atom. The topological polar surface area (TPSA) is 38.5 Å². The van der Waals surface area contributed by atoms with E-state index in [0.29, 0.717) is 6.54 Å². The van der Waals surface area contributed by atoms with Crippen LogP contribution in [0.25, 0.3) is 0 Å². The molecule has 0 radical (unpaired) electrons. The fourth-order valence-electron chi connectivity index (χ4n) is 2.20. The number of thiophene rings is 1. The van der Waals surface area contributed by atoms with Crippen LogP contribution in [0.1, 0.15) is 15.8 Å².